The van der Waals surface area contributed by atoms with Gasteiger partial charge >= 0.3 is 5.97 Å². The zero-order valence-electron chi connectivity index (χ0n) is 23.2. The van der Waals surface area contributed by atoms with Gasteiger partial charge in [-0.05, 0) is 79.2 Å². The van der Waals surface area contributed by atoms with Crippen LogP contribution in [0.15, 0.2) is 122 Å². The maximum atomic E-state index is 13.7. The molecule has 1 aromatic heterocycles. The average molecular weight is 682 g/mol. The molecule has 0 unspecified atom stereocenters. The van der Waals surface area contributed by atoms with Crippen molar-refractivity contribution in [1.82, 2.24) is 4.31 Å². The van der Waals surface area contributed by atoms with E-state index in [4.69, 9.17) is 20.8 Å². The van der Waals surface area contributed by atoms with Crippen molar-refractivity contribution < 1.29 is 27.2 Å². The molecule has 4 aromatic rings. The van der Waals surface area contributed by atoms with Crippen molar-refractivity contribution in [2.24, 2.45) is 0 Å². The van der Waals surface area contributed by atoms with E-state index in [0.717, 1.165) is 10.0 Å². The number of sulfonamides is 1. The van der Waals surface area contributed by atoms with Gasteiger partial charge in [0.2, 0.25) is 10.0 Å². The lowest BCUT2D eigenvalue weighted by molar-refractivity contribution is -0.136. The van der Waals surface area contributed by atoms with E-state index in [-0.39, 0.29) is 34.9 Å². The first-order valence-corrected chi connectivity index (χ1v) is 15.7. The number of hydrogen-bond donors (Lipinski definition) is 0. The molecule has 11 heteroatoms. The van der Waals surface area contributed by atoms with Crippen LogP contribution < -0.4 is 4.90 Å². The molecule has 1 amide bonds. The molecule has 1 aliphatic rings. The monoisotopic (exact) mass is 680 g/mol. The summed E-state index contributed by atoms with van der Waals surface area (Å²) >= 11 is 9.38. The fourth-order valence-electron chi connectivity index (χ4n) is 4.72. The maximum absolute atomic E-state index is 13.7. The predicted molar refractivity (Wildman–Crippen MR) is 167 cm³/mol. The van der Waals surface area contributed by atoms with Crippen molar-refractivity contribution in [2.75, 3.05) is 12.0 Å². The minimum absolute atomic E-state index is 0.0826. The molecule has 0 saturated carbocycles. The van der Waals surface area contributed by atoms with Gasteiger partial charge in [-0.3, -0.25) is 9.69 Å². The summed E-state index contributed by atoms with van der Waals surface area (Å²) < 4.78 is 40.5. The molecule has 0 bridgehead atoms. The average Bonchev–Trinajstić information content (AvgIpc) is 3.54. The largest absolute Gasteiger partial charge is 0.465 e. The molecule has 0 radical (unpaired) electrons. The summed E-state index contributed by atoms with van der Waals surface area (Å²) in [6.45, 7) is 1.68. The molecule has 43 heavy (non-hydrogen) atoms. The highest BCUT2D eigenvalue weighted by molar-refractivity contribution is 9.10. The maximum Gasteiger partial charge on any atom is 0.340 e. The number of carbonyl (C=O) groups excluding carboxylic acids is 2. The Morgan fingerprint density at radius 1 is 0.977 bits per heavy atom. The second-order valence-corrected chi connectivity index (χ2v) is 12.9. The van der Waals surface area contributed by atoms with Crippen molar-refractivity contribution in [1.29, 1.82) is 0 Å². The number of methoxy groups -OCH3 is 1. The first-order valence-electron chi connectivity index (χ1n) is 13.1. The van der Waals surface area contributed by atoms with Crippen molar-refractivity contribution in [2.45, 2.75) is 24.9 Å². The van der Waals surface area contributed by atoms with Crippen molar-refractivity contribution in [3.05, 3.63) is 134 Å². The molecular weight excluding hydrogens is 656 g/mol. The summed E-state index contributed by atoms with van der Waals surface area (Å²) in [7, 11) is -2.69. The molecular formula is C32H26BrClN2O6S. The van der Waals surface area contributed by atoms with Crippen molar-refractivity contribution in [3.63, 3.8) is 0 Å². The standard InChI is InChI=1S/C32H26BrClN2O6S/c1-21-30(32(38)41-2)29(31(37)36(21)25-12-8-23(33)9-13-25)18-26-14-15-27(42-26)20-35(19-22-6-4-3-5-7-22)43(39,40)28-16-10-24(34)11-17-28/h3-18H,19-20H2,1-2H3/b29-18+. The van der Waals surface area contributed by atoms with Crippen LogP contribution in [-0.2, 0) is 37.4 Å². The number of carbonyl (C=O) groups is 2. The Morgan fingerprint density at radius 2 is 1.65 bits per heavy atom. The number of allylic oxidation sites excluding steroid dienone is 1. The van der Waals surface area contributed by atoms with Gasteiger partial charge in [0.1, 0.15) is 11.5 Å². The molecule has 5 rings (SSSR count). The lowest BCUT2D eigenvalue weighted by Crippen LogP contribution is -2.30. The number of amides is 1. The Labute approximate surface area is 263 Å². The molecule has 1 aliphatic heterocycles. The molecule has 220 valence electrons. The highest BCUT2D eigenvalue weighted by Crippen LogP contribution is 2.36. The van der Waals surface area contributed by atoms with Gasteiger partial charge in [-0.15, -0.1) is 0 Å². The van der Waals surface area contributed by atoms with Crippen LogP contribution in [0.3, 0.4) is 0 Å². The van der Waals surface area contributed by atoms with Gasteiger partial charge in [0.05, 0.1) is 29.7 Å². The highest BCUT2D eigenvalue weighted by atomic mass is 79.9. The summed E-state index contributed by atoms with van der Waals surface area (Å²) in [5, 5.41) is 0.424. The lowest BCUT2D eigenvalue weighted by atomic mass is 10.1. The van der Waals surface area contributed by atoms with E-state index < -0.39 is 21.9 Å². The number of anilines is 1. The molecule has 8 nitrogen and oxygen atoms in total. The van der Waals surface area contributed by atoms with Crippen LogP contribution in [0.4, 0.5) is 5.69 Å². The Morgan fingerprint density at radius 3 is 2.30 bits per heavy atom. The number of nitrogens with zero attached hydrogens (tertiary/aromatic N) is 2. The van der Waals surface area contributed by atoms with E-state index in [9.17, 15) is 18.0 Å². The molecule has 0 aliphatic carbocycles. The third-order valence-corrected chi connectivity index (χ3v) is 9.42. The van der Waals surface area contributed by atoms with Gasteiger partial charge in [-0.1, -0.05) is 57.9 Å². The number of rotatable bonds is 9. The molecule has 0 spiro atoms. The van der Waals surface area contributed by atoms with E-state index in [0.29, 0.717) is 22.2 Å². The zero-order chi connectivity index (χ0) is 30.7. The van der Waals surface area contributed by atoms with Crippen LogP contribution in [0.25, 0.3) is 6.08 Å². The normalized spacial score (nSPS) is 14.7. The quantitative estimate of drug-likeness (QED) is 0.140. The van der Waals surface area contributed by atoms with Crippen LogP contribution in [-0.4, -0.2) is 31.7 Å². The van der Waals surface area contributed by atoms with E-state index in [1.165, 1.54) is 46.7 Å². The highest BCUT2D eigenvalue weighted by Gasteiger charge is 2.38. The third-order valence-electron chi connectivity index (χ3n) is 6.83. The molecule has 2 heterocycles. The zero-order valence-corrected chi connectivity index (χ0v) is 26.3. The predicted octanol–water partition coefficient (Wildman–Crippen LogP) is 6.96. The summed E-state index contributed by atoms with van der Waals surface area (Å²) in [5.41, 5.74) is 2.01. The number of hydrogen-bond acceptors (Lipinski definition) is 6. The van der Waals surface area contributed by atoms with Gasteiger partial charge in [-0.2, -0.15) is 4.31 Å². The van der Waals surface area contributed by atoms with Crippen LogP contribution in [0.5, 0.6) is 0 Å². The van der Waals surface area contributed by atoms with Crippen LogP contribution in [0, 0.1) is 0 Å². The minimum Gasteiger partial charge on any atom is -0.465 e. The van der Waals surface area contributed by atoms with Gasteiger partial charge in [0, 0.05) is 27.4 Å². The molecule has 0 N–H and O–H groups in total. The minimum atomic E-state index is -3.94. The first kappa shape index (κ1) is 30.5. The number of furan rings is 1. The molecule has 3 aromatic carbocycles. The van der Waals surface area contributed by atoms with E-state index in [1.807, 2.05) is 30.3 Å². The second kappa shape index (κ2) is 12.7. The number of ether oxygens (including phenoxy) is 1. The Hall–Kier alpha value is -3.96. The Kier molecular flexibility index (Phi) is 9.03. The van der Waals surface area contributed by atoms with Gasteiger partial charge < -0.3 is 9.15 Å². The van der Waals surface area contributed by atoms with E-state index >= 15 is 0 Å². The summed E-state index contributed by atoms with van der Waals surface area (Å²) in [6.07, 6.45) is 1.47. The first-order chi connectivity index (χ1) is 20.6. The second-order valence-electron chi connectivity index (χ2n) is 9.64. The molecule has 0 fully saturated rings. The summed E-state index contributed by atoms with van der Waals surface area (Å²) in [6, 6.07) is 25.6. The number of benzene rings is 3. The van der Waals surface area contributed by atoms with E-state index in [1.54, 1.807) is 43.3 Å². The van der Waals surface area contributed by atoms with Gasteiger partial charge in [0.15, 0.2) is 0 Å². The molecule has 0 saturated heterocycles. The number of esters is 1. The van der Waals surface area contributed by atoms with Crippen molar-refractivity contribution >= 4 is 61.2 Å². The van der Waals surface area contributed by atoms with Gasteiger partial charge in [-0.25, -0.2) is 13.2 Å². The van der Waals surface area contributed by atoms with Crippen LogP contribution in [0.2, 0.25) is 5.02 Å². The van der Waals surface area contributed by atoms with Crippen LogP contribution >= 0.6 is 27.5 Å². The fourth-order valence-corrected chi connectivity index (χ4v) is 6.51. The Bertz CT molecular complexity index is 1830. The number of halogens is 2. The summed E-state index contributed by atoms with van der Waals surface area (Å²) in [5.74, 6) is -0.467. The molecule has 0 atom stereocenters. The smallest absolute Gasteiger partial charge is 0.340 e. The van der Waals surface area contributed by atoms with Gasteiger partial charge in [0.25, 0.3) is 5.91 Å². The van der Waals surface area contributed by atoms with E-state index in [2.05, 4.69) is 15.9 Å². The third kappa shape index (κ3) is 6.52. The van der Waals surface area contributed by atoms with Crippen LogP contribution in [0.1, 0.15) is 24.0 Å². The topological polar surface area (TPSA) is 97.1 Å². The summed E-state index contributed by atoms with van der Waals surface area (Å²) in [4.78, 5) is 27.9. The Balaban J connectivity index is 1.48. The lowest BCUT2D eigenvalue weighted by Gasteiger charge is -2.21. The fraction of sp³-hybridized carbons (Fsp3) is 0.125. The van der Waals surface area contributed by atoms with Crippen molar-refractivity contribution in [3.8, 4) is 0 Å². The SMILES string of the molecule is COC(=O)C1=C(C)N(c2ccc(Br)cc2)C(=O)/C1=C/c1ccc(CN(Cc2ccccc2)S(=O)(=O)c2ccc(Cl)cc2)o1.